The molecular weight excluding hydrogens is 353 g/mol. The average Bonchev–Trinajstić information content (AvgIpc) is 2.61. The third-order valence-electron chi connectivity index (χ3n) is 3.92. The maximum atomic E-state index is 6.28. The van der Waals surface area contributed by atoms with Crippen molar-refractivity contribution in [3.8, 4) is 11.5 Å². The minimum atomic E-state index is 0.0416. The SMILES string of the molecule is CC(NCc1cccc(Oc2ccccc2)c1)c1c(Cl)cccc1Cl. The number of halogens is 2. The molecule has 0 aliphatic carbocycles. The molecule has 3 rings (SSSR count). The van der Waals surface area contributed by atoms with Gasteiger partial charge in [-0.05, 0) is 48.9 Å². The molecule has 0 saturated heterocycles. The van der Waals surface area contributed by atoms with Gasteiger partial charge in [-0.2, -0.15) is 0 Å². The molecule has 0 amide bonds. The highest BCUT2D eigenvalue weighted by molar-refractivity contribution is 6.36. The van der Waals surface area contributed by atoms with Crippen molar-refractivity contribution >= 4 is 23.2 Å². The molecule has 4 heteroatoms. The third-order valence-corrected chi connectivity index (χ3v) is 4.58. The number of para-hydroxylation sites is 1. The topological polar surface area (TPSA) is 21.3 Å². The summed E-state index contributed by atoms with van der Waals surface area (Å²) in [7, 11) is 0. The second-order valence-corrected chi connectivity index (χ2v) is 6.61. The summed E-state index contributed by atoms with van der Waals surface area (Å²) in [5.74, 6) is 1.64. The minimum Gasteiger partial charge on any atom is -0.457 e. The van der Waals surface area contributed by atoms with Crippen LogP contribution in [0.2, 0.25) is 10.0 Å². The van der Waals surface area contributed by atoms with Gasteiger partial charge in [-0.1, -0.05) is 59.6 Å². The van der Waals surface area contributed by atoms with Crippen LogP contribution in [-0.2, 0) is 6.54 Å². The van der Waals surface area contributed by atoms with Crippen LogP contribution in [0.5, 0.6) is 11.5 Å². The Labute approximate surface area is 158 Å². The summed E-state index contributed by atoms with van der Waals surface area (Å²) in [6, 6.07) is 23.4. The fraction of sp³-hybridized carbons (Fsp3) is 0.143. The molecule has 1 N–H and O–H groups in total. The molecule has 25 heavy (non-hydrogen) atoms. The zero-order valence-corrected chi connectivity index (χ0v) is 15.4. The van der Waals surface area contributed by atoms with Gasteiger partial charge in [0.25, 0.3) is 0 Å². The summed E-state index contributed by atoms with van der Waals surface area (Å²) in [5, 5.41) is 4.81. The number of benzene rings is 3. The molecule has 3 aromatic rings. The highest BCUT2D eigenvalue weighted by Crippen LogP contribution is 2.30. The van der Waals surface area contributed by atoms with Crippen molar-refractivity contribution in [2.45, 2.75) is 19.5 Å². The van der Waals surface area contributed by atoms with Crippen LogP contribution < -0.4 is 10.1 Å². The highest BCUT2D eigenvalue weighted by Gasteiger charge is 2.13. The minimum absolute atomic E-state index is 0.0416. The fourth-order valence-electron chi connectivity index (χ4n) is 2.64. The van der Waals surface area contributed by atoms with E-state index in [1.54, 1.807) is 0 Å². The molecule has 128 valence electrons. The smallest absolute Gasteiger partial charge is 0.127 e. The Balaban J connectivity index is 1.66. The summed E-state index contributed by atoms with van der Waals surface area (Å²) < 4.78 is 5.88. The molecule has 0 heterocycles. The first-order valence-corrected chi connectivity index (χ1v) is 8.88. The maximum Gasteiger partial charge on any atom is 0.127 e. The second kappa shape index (κ2) is 8.39. The Bertz CT molecular complexity index is 816. The quantitative estimate of drug-likeness (QED) is 0.524. The monoisotopic (exact) mass is 371 g/mol. The van der Waals surface area contributed by atoms with E-state index >= 15 is 0 Å². The van der Waals surface area contributed by atoms with Crippen LogP contribution in [-0.4, -0.2) is 0 Å². The normalized spacial score (nSPS) is 12.0. The molecule has 0 bridgehead atoms. The molecule has 1 atom stereocenters. The van der Waals surface area contributed by atoms with E-state index in [0.717, 1.165) is 22.6 Å². The van der Waals surface area contributed by atoms with Crippen LogP contribution in [0.1, 0.15) is 24.1 Å². The second-order valence-electron chi connectivity index (χ2n) is 5.80. The molecule has 0 aliphatic heterocycles. The van der Waals surface area contributed by atoms with E-state index in [1.165, 1.54) is 0 Å². The summed E-state index contributed by atoms with van der Waals surface area (Å²) in [6.45, 7) is 2.74. The van der Waals surface area contributed by atoms with Crippen molar-refractivity contribution in [1.29, 1.82) is 0 Å². The number of rotatable bonds is 6. The van der Waals surface area contributed by atoms with Gasteiger partial charge in [0.2, 0.25) is 0 Å². The summed E-state index contributed by atoms with van der Waals surface area (Å²) >= 11 is 12.6. The predicted molar refractivity (Wildman–Crippen MR) is 105 cm³/mol. The van der Waals surface area contributed by atoms with Crippen molar-refractivity contribution in [2.75, 3.05) is 0 Å². The predicted octanol–water partition coefficient (Wildman–Crippen LogP) is 6.64. The molecule has 1 unspecified atom stereocenters. The lowest BCUT2D eigenvalue weighted by molar-refractivity contribution is 0.481. The molecular formula is C21H19Cl2NO. The van der Waals surface area contributed by atoms with Crippen LogP contribution in [0.4, 0.5) is 0 Å². The lowest BCUT2D eigenvalue weighted by atomic mass is 10.1. The molecule has 0 saturated carbocycles. The van der Waals surface area contributed by atoms with E-state index in [9.17, 15) is 0 Å². The van der Waals surface area contributed by atoms with E-state index in [2.05, 4.69) is 18.3 Å². The largest absolute Gasteiger partial charge is 0.457 e. The maximum absolute atomic E-state index is 6.28. The number of ether oxygens (including phenoxy) is 1. The van der Waals surface area contributed by atoms with Gasteiger partial charge in [-0.15, -0.1) is 0 Å². The van der Waals surface area contributed by atoms with Gasteiger partial charge in [-0.3, -0.25) is 0 Å². The lowest BCUT2D eigenvalue weighted by Gasteiger charge is -2.17. The number of nitrogens with one attached hydrogen (secondary N) is 1. The van der Waals surface area contributed by atoms with Crippen molar-refractivity contribution < 1.29 is 4.74 Å². The van der Waals surface area contributed by atoms with E-state index in [1.807, 2.05) is 66.7 Å². The van der Waals surface area contributed by atoms with E-state index < -0.39 is 0 Å². The van der Waals surface area contributed by atoms with Gasteiger partial charge in [-0.25, -0.2) is 0 Å². The molecule has 0 radical (unpaired) electrons. The highest BCUT2D eigenvalue weighted by atomic mass is 35.5. The third kappa shape index (κ3) is 4.76. The van der Waals surface area contributed by atoms with Gasteiger partial charge >= 0.3 is 0 Å². The molecule has 0 spiro atoms. The Morgan fingerprint density at radius 2 is 1.48 bits per heavy atom. The van der Waals surface area contributed by atoms with Crippen LogP contribution in [0, 0.1) is 0 Å². The van der Waals surface area contributed by atoms with Gasteiger partial charge in [0, 0.05) is 28.2 Å². The molecule has 0 aliphatic rings. The first-order valence-electron chi connectivity index (χ1n) is 8.12. The Morgan fingerprint density at radius 3 is 2.20 bits per heavy atom. The van der Waals surface area contributed by atoms with Crippen molar-refractivity contribution in [2.24, 2.45) is 0 Å². The Morgan fingerprint density at radius 1 is 0.840 bits per heavy atom. The van der Waals surface area contributed by atoms with Crippen molar-refractivity contribution in [3.63, 3.8) is 0 Å². The average molecular weight is 372 g/mol. The van der Waals surface area contributed by atoms with Gasteiger partial charge in [0.15, 0.2) is 0 Å². The molecule has 0 fully saturated rings. The standard InChI is InChI=1S/C21H19Cl2NO/c1-15(21-19(22)11-6-12-20(21)23)24-14-16-7-5-10-18(13-16)25-17-8-3-2-4-9-17/h2-13,15,24H,14H2,1H3. The first kappa shape index (κ1) is 17.8. The molecule has 2 nitrogen and oxygen atoms in total. The zero-order chi connectivity index (χ0) is 17.6. The summed E-state index contributed by atoms with van der Waals surface area (Å²) in [4.78, 5) is 0. The van der Waals surface area contributed by atoms with Crippen LogP contribution in [0.15, 0.2) is 72.8 Å². The van der Waals surface area contributed by atoms with E-state index in [4.69, 9.17) is 27.9 Å². The number of hydrogen-bond acceptors (Lipinski definition) is 2. The summed E-state index contributed by atoms with van der Waals surface area (Å²) in [6.07, 6.45) is 0. The Kier molecular flexibility index (Phi) is 5.98. The van der Waals surface area contributed by atoms with Crippen LogP contribution >= 0.6 is 23.2 Å². The van der Waals surface area contributed by atoms with Gasteiger partial charge < -0.3 is 10.1 Å². The molecule has 3 aromatic carbocycles. The number of hydrogen-bond donors (Lipinski definition) is 1. The van der Waals surface area contributed by atoms with E-state index in [0.29, 0.717) is 16.6 Å². The Hall–Kier alpha value is -2.00. The van der Waals surface area contributed by atoms with Gasteiger partial charge in [0.05, 0.1) is 0 Å². The summed E-state index contributed by atoms with van der Waals surface area (Å²) in [5.41, 5.74) is 2.05. The van der Waals surface area contributed by atoms with Crippen molar-refractivity contribution in [3.05, 3.63) is 94.0 Å². The van der Waals surface area contributed by atoms with Crippen molar-refractivity contribution in [1.82, 2.24) is 5.32 Å². The first-order chi connectivity index (χ1) is 12.1. The van der Waals surface area contributed by atoms with Gasteiger partial charge in [0.1, 0.15) is 11.5 Å². The van der Waals surface area contributed by atoms with E-state index in [-0.39, 0.29) is 6.04 Å². The van der Waals surface area contributed by atoms with Crippen LogP contribution in [0.25, 0.3) is 0 Å². The fourth-order valence-corrected chi connectivity index (χ4v) is 3.37. The zero-order valence-electron chi connectivity index (χ0n) is 13.9. The lowest BCUT2D eigenvalue weighted by Crippen LogP contribution is -2.18. The molecule has 0 aromatic heterocycles. The van der Waals surface area contributed by atoms with Crippen LogP contribution in [0.3, 0.4) is 0 Å².